The van der Waals surface area contributed by atoms with E-state index in [1.54, 1.807) is 7.11 Å². The van der Waals surface area contributed by atoms with Gasteiger partial charge in [-0.15, -0.1) is 0 Å². The SMILES string of the molecule is COc1ccc([C@@H]2[C@H]3C[C@H]4[C@@H]5CC[C@H]6CC(=O)CC[C@]6(C)[C@H]5CC[C@]4(C)C3=NN2C)cc1. The van der Waals surface area contributed by atoms with E-state index in [0.717, 1.165) is 42.8 Å². The maximum atomic E-state index is 12.2. The van der Waals surface area contributed by atoms with Gasteiger partial charge in [0, 0.05) is 36.9 Å². The molecule has 6 rings (SSSR count). The maximum absolute atomic E-state index is 12.2. The molecule has 8 atom stereocenters. The Morgan fingerprint density at radius 2 is 1.84 bits per heavy atom. The molecule has 4 nitrogen and oxygen atoms in total. The van der Waals surface area contributed by atoms with Crippen LogP contribution in [0, 0.1) is 40.4 Å². The zero-order valence-corrected chi connectivity index (χ0v) is 20.1. The quantitative estimate of drug-likeness (QED) is 0.584. The molecule has 0 spiro atoms. The van der Waals surface area contributed by atoms with Crippen LogP contribution in [0.4, 0.5) is 0 Å². The first kappa shape index (κ1) is 20.7. The molecule has 1 aromatic rings. The molecule has 4 fully saturated rings. The highest BCUT2D eigenvalue weighted by Gasteiger charge is 2.63. The number of fused-ring (bicyclic) bond motifs is 7. The fraction of sp³-hybridized carbons (Fsp3) is 0.714. The number of benzene rings is 1. The lowest BCUT2D eigenvalue weighted by Crippen LogP contribution is -2.53. The van der Waals surface area contributed by atoms with Crippen LogP contribution in [-0.4, -0.2) is 30.7 Å². The monoisotopic (exact) mass is 434 g/mol. The van der Waals surface area contributed by atoms with E-state index in [9.17, 15) is 4.79 Å². The van der Waals surface area contributed by atoms with Crippen LogP contribution in [-0.2, 0) is 4.79 Å². The first-order valence-electron chi connectivity index (χ1n) is 12.8. The molecule has 0 N–H and O–H groups in total. The topological polar surface area (TPSA) is 41.9 Å². The molecule has 4 heteroatoms. The molecule has 0 bridgehead atoms. The Morgan fingerprint density at radius 1 is 1.06 bits per heavy atom. The minimum atomic E-state index is 0.245. The van der Waals surface area contributed by atoms with Gasteiger partial charge in [-0.2, -0.15) is 5.10 Å². The fourth-order valence-corrected chi connectivity index (χ4v) is 9.14. The van der Waals surface area contributed by atoms with Gasteiger partial charge in [-0.1, -0.05) is 26.0 Å². The van der Waals surface area contributed by atoms with Crippen LogP contribution in [0.25, 0.3) is 0 Å². The van der Waals surface area contributed by atoms with E-state index in [2.05, 4.69) is 50.2 Å². The number of hydrogen-bond donors (Lipinski definition) is 0. The van der Waals surface area contributed by atoms with E-state index >= 15 is 0 Å². The lowest BCUT2D eigenvalue weighted by atomic mass is 9.45. The largest absolute Gasteiger partial charge is 0.497 e. The van der Waals surface area contributed by atoms with Gasteiger partial charge >= 0.3 is 0 Å². The number of carbonyl (C=O) groups is 1. The minimum Gasteiger partial charge on any atom is -0.497 e. The van der Waals surface area contributed by atoms with Crippen LogP contribution in [0.5, 0.6) is 5.75 Å². The van der Waals surface area contributed by atoms with Crippen molar-refractivity contribution in [1.29, 1.82) is 0 Å². The molecule has 4 aliphatic carbocycles. The highest BCUT2D eigenvalue weighted by molar-refractivity contribution is 5.96. The summed E-state index contributed by atoms with van der Waals surface area (Å²) in [6.07, 6.45) is 9.24. The van der Waals surface area contributed by atoms with E-state index in [1.807, 2.05) is 0 Å². The van der Waals surface area contributed by atoms with Crippen molar-refractivity contribution < 1.29 is 9.53 Å². The van der Waals surface area contributed by atoms with Gasteiger partial charge in [0.2, 0.25) is 0 Å². The highest BCUT2D eigenvalue weighted by Crippen LogP contribution is 2.67. The standard InChI is InChI=1S/C28H38N2O2/c1-27-13-11-19(31)15-18(27)7-10-21-23(27)12-14-28(2)24(21)16-22-25(30(3)29-26(22)28)17-5-8-20(32-4)9-6-17/h5-6,8-9,18,21-25H,7,10-16H2,1-4H3/t18-,21+,22+,23-,24-,25+,27-,28-/m0/s1. The summed E-state index contributed by atoms with van der Waals surface area (Å²) in [4.78, 5) is 12.2. The number of ether oxygens (including phenoxy) is 1. The molecular formula is C28H38N2O2. The first-order chi connectivity index (χ1) is 15.3. The Balaban J connectivity index is 1.31. The average molecular weight is 435 g/mol. The van der Waals surface area contributed by atoms with Crippen LogP contribution in [0.2, 0.25) is 0 Å². The average Bonchev–Trinajstić information content (AvgIpc) is 3.26. The van der Waals surface area contributed by atoms with E-state index in [4.69, 9.17) is 9.84 Å². The van der Waals surface area contributed by atoms with Crippen molar-refractivity contribution in [2.45, 2.75) is 71.3 Å². The smallest absolute Gasteiger partial charge is 0.133 e. The van der Waals surface area contributed by atoms with E-state index in [1.165, 1.54) is 43.4 Å². The number of ketones is 1. The number of nitrogens with zero attached hydrogens (tertiary/aromatic N) is 2. The van der Waals surface area contributed by atoms with Gasteiger partial charge < -0.3 is 4.74 Å². The van der Waals surface area contributed by atoms with Crippen molar-refractivity contribution in [3.8, 4) is 5.75 Å². The Kier molecular flexibility index (Phi) is 4.59. The van der Waals surface area contributed by atoms with Gasteiger partial charge in [0.1, 0.15) is 11.5 Å². The van der Waals surface area contributed by atoms with E-state index in [-0.39, 0.29) is 5.41 Å². The summed E-state index contributed by atoms with van der Waals surface area (Å²) in [5.41, 5.74) is 3.46. The molecule has 1 aromatic carbocycles. The molecule has 0 unspecified atom stereocenters. The van der Waals surface area contributed by atoms with Gasteiger partial charge in [-0.3, -0.25) is 9.80 Å². The molecule has 1 aliphatic heterocycles. The normalized spacial score (nSPS) is 44.9. The number of Topliss-reactive ketones (excluding diaryl/α,β-unsaturated/α-hetero) is 1. The third-order valence-electron chi connectivity index (χ3n) is 10.8. The maximum Gasteiger partial charge on any atom is 0.133 e. The van der Waals surface area contributed by atoms with Crippen molar-refractivity contribution in [3.63, 3.8) is 0 Å². The predicted molar refractivity (Wildman–Crippen MR) is 127 cm³/mol. The second-order valence-corrected chi connectivity index (χ2v) is 12.0. The second kappa shape index (κ2) is 7.08. The molecule has 0 saturated heterocycles. The zero-order valence-electron chi connectivity index (χ0n) is 20.1. The van der Waals surface area contributed by atoms with E-state index in [0.29, 0.717) is 29.1 Å². The molecule has 1 heterocycles. The van der Waals surface area contributed by atoms with Gasteiger partial charge in [-0.25, -0.2) is 0 Å². The van der Waals surface area contributed by atoms with Crippen LogP contribution < -0.4 is 4.74 Å². The number of carbonyl (C=O) groups excluding carboxylic acids is 1. The lowest BCUT2D eigenvalue weighted by Gasteiger charge is -2.59. The van der Waals surface area contributed by atoms with Crippen molar-refractivity contribution in [1.82, 2.24) is 5.01 Å². The lowest BCUT2D eigenvalue weighted by molar-refractivity contribution is -0.136. The van der Waals surface area contributed by atoms with Crippen molar-refractivity contribution in [2.24, 2.45) is 45.5 Å². The third-order valence-corrected chi connectivity index (χ3v) is 10.8. The number of hydrogen-bond acceptors (Lipinski definition) is 4. The summed E-state index contributed by atoms with van der Waals surface area (Å²) in [6.45, 7) is 5.08. The van der Waals surface area contributed by atoms with Crippen molar-refractivity contribution >= 4 is 11.5 Å². The molecule has 4 saturated carbocycles. The third kappa shape index (κ3) is 2.73. The molecular weight excluding hydrogens is 396 g/mol. The summed E-state index contributed by atoms with van der Waals surface area (Å²) in [5.74, 6) is 4.94. The molecule has 0 aromatic heterocycles. The predicted octanol–water partition coefficient (Wildman–Crippen LogP) is 5.88. The molecule has 5 aliphatic rings. The van der Waals surface area contributed by atoms with Crippen molar-refractivity contribution in [3.05, 3.63) is 29.8 Å². The van der Waals surface area contributed by atoms with Gasteiger partial charge in [0.25, 0.3) is 0 Å². The summed E-state index contributed by atoms with van der Waals surface area (Å²) in [6, 6.07) is 8.99. The fourth-order valence-electron chi connectivity index (χ4n) is 9.14. The Bertz CT molecular complexity index is 955. The second-order valence-electron chi connectivity index (χ2n) is 12.0. The van der Waals surface area contributed by atoms with Crippen LogP contribution in [0.15, 0.2) is 29.4 Å². The summed E-state index contributed by atoms with van der Waals surface area (Å²) in [5, 5.41) is 7.46. The molecule has 172 valence electrons. The zero-order chi connectivity index (χ0) is 22.3. The minimum absolute atomic E-state index is 0.245. The number of hydrazone groups is 1. The Hall–Kier alpha value is -1.84. The molecule has 0 amide bonds. The van der Waals surface area contributed by atoms with Gasteiger partial charge in [0.05, 0.1) is 13.2 Å². The number of rotatable bonds is 2. The summed E-state index contributed by atoms with van der Waals surface area (Å²) < 4.78 is 5.39. The van der Waals surface area contributed by atoms with Crippen LogP contribution in [0.1, 0.15) is 76.8 Å². The molecule has 32 heavy (non-hydrogen) atoms. The Labute approximate surface area is 192 Å². The van der Waals surface area contributed by atoms with Crippen molar-refractivity contribution in [2.75, 3.05) is 14.2 Å². The van der Waals surface area contributed by atoms with E-state index < -0.39 is 0 Å². The number of methoxy groups -OCH3 is 1. The molecule has 0 radical (unpaired) electrons. The van der Waals surface area contributed by atoms with Gasteiger partial charge in [-0.05, 0) is 85.3 Å². The Morgan fingerprint density at radius 3 is 2.59 bits per heavy atom. The van der Waals surface area contributed by atoms with Crippen LogP contribution >= 0.6 is 0 Å². The summed E-state index contributed by atoms with van der Waals surface area (Å²) >= 11 is 0. The van der Waals surface area contributed by atoms with Crippen LogP contribution in [0.3, 0.4) is 0 Å². The highest BCUT2D eigenvalue weighted by atomic mass is 16.5. The van der Waals surface area contributed by atoms with Gasteiger partial charge in [0.15, 0.2) is 0 Å². The summed E-state index contributed by atoms with van der Waals surface area (Å²) in [7, 11) is 3.89. The first-order valence-corrected chi connectivity index (χ1v) is 12.8.